The maximum Gasteiger partial charge on any atom is 0.492 e. The van der Waals surface area contributed by atoms with E-state index in [1.54, 1.807) is 0 Å². The average molecular weight is 740 g/mol. The Morgan fingerprint density at radius 1 is 0.571 bits per heavy atom. The van der Waals surface area contributed by atoms with Crippen LogP contribution >= 0.6 is 0 Å². The molecule has 0 unspecified atom stereocenters. The molecule has 8 rings (SSSR count). The molecule has 1 aliphatic heterocycles. The Bertz CT molecular complexity index is 2390. The second kappa shape index (κ2) is 16.9. The van der Waals surface area contributed by atoms with Gasteiger partial charge in [-0.1, -0.05) is 152 Å². The predicted octanol–water partition coefficient (Wildman–Crippen LogP) is 9.43. The largest absolute Gasteiger partial charge is 0.492 e. The van der Waals surface area contributed by atoms with E-state index in [4.69, 9.17) is 14.2 Å². The second-order valence-electron chi connectivity index (χ2n) is 14.6. The molecule has 2 N–H and O–H groups in total. The maximum atomic E-state index is 11.0. The number of hydrogen-bond donors (Lipinski definition) is 2. The zero-order valence-corrected chi connectivity index (χ0v) is 31.8. The van der Waals surface area contributed by atoms with Crippen molar-refractivity contribution in [1.29, 1.82) is 0 Å². The molecule has 0 saturated heterocycles. The highest BCUT2D eigenvalue weighted by atomic mass is 16.5. The Morgan fingerprint density at radius 2 is 1.05 bits per heavy atom. The molecule has 1 aliphatic rings. The van der Waals surface area contributed by atoms with Gasteiger partial charge in [-0.25, -0.2) is 0 Å². The van der Waals surface area contributed by atoms with E-state index >= 15 is 0 Å². The maximum absolute atomic E-state index is 11.0. The Balaban J connectivity index is 1.33. The van der Waals surface area contributed by atoms with Gasteiger partial charge in [-0.05, 0) is 59.0 Å². The van der Waals surface area contributed by atoms with Crippen LogP contribution in [-0.4, -0.2) is 28.1 Å². The summed E-state index contributed by atoms with van der Waals surface area (Å²) in [5.74, 6) is 1.90. The van der Waals surface area contributed by atoms with Gasteiger partial charge in [0.15, 0.2) is 0 Å². The fraction of sp³-hybridized carbons (Fsp3) is 0.184. The van der Waals surface area contributed by atoms with Crippen LogP contribution in [0.25, 0.3) is 21.9 Å². The fourth-order valence-electron chi connectivity index (χ4n) is 8.08. The summed E-state index contributed by atoms with van der Waals surface area (Å²) in [5.41, 5.74) is 8.66. The lowest BCUT2D eigenvalue weighted by atomic mass is 9.75. The second-order valence-corrected chi connectivity index (χ2v) is 14.6. The summed E-state index contributed by atoms with van der Waals surface area (Å²) >= 11 is 0. The molecule has 7 aromatic rings. The lowest BCUT2D eigenvalue weighted by molar-refractivity contribution is 0.125. The molecule has 2 atom stereocenters. The highest BCUT2D eigenvalue weighted by Gasteiger charge is 2.36. The summed E-state index contributed by atoms with van der Waals surface area (Å²) in [5, 5.41) is 23.7. The van der Waals surface area contributed by atoms with Gasteiger partial charge >= 0.3 is 7.12 Å². The zero-order chi connectivity index (χ0) is 38.4. The third-order valence-corrected chi connectivity index (χ3v) is 10.9. The topological polar surface area (TPSA) is 71.4 Å². The zero-order valence-electron chi connectivity index (χ0n) is 31.8. The third kappa shape index (κ3) is 7.93. The van der Waals surface area contributed by atoms with Crippen molar-refractivity contribution >= 4 is 23.4 Å². The van der Waals surface area contributed by atoms with Crippen molar-refractivity contribution in [2.24, 2.45) is 0 Å². The van der Waals surface area contributed by atoms with Gasteiger partial charge in [0.2, 0.25) is 0 Å². The molecule has 7 aromatic carbocycles. The predicted molar refractivity (Wildman–Crippen MR) is 225 cm³/mol. The van der Waals surface area contributed by atoms with E-state index in [0.29, 0.717) is 30.2 Å². The molecular weight excluding hydrogens is 693 g/mol. The first kappa shape index (κ1) is 37.1. The summed E-state index contributed by atoms with van der Waals surface area (Å²) < 4.78 is 20.1. The van der Waals surface area contributed by atoms with Crippen LogP contribution in [-0.2, 0) is 32.8 Å². The minimum atomic E-state index is -1.78. The first-order valence-electron chi connectivity index (χ1n) is 19.4. The molecule has 0 aromatic heterocycles. The van der Waals surface area contributed by atoms with Crippen molar-refractivity contribution < 1.29 is 24.3 Å². The fourth-order valence-corrected chi connectivity index (χ4v) is 8.08. The van der Waals surface area contributed by atoms with Crippen LogP contribution in [0.1, 0.15) is 53.3 Å². The van der Waals surface area contributed by atoms with E-state index in [-0.39, 0.29) is 18.7 Å². The van der Waals surface area contributed by atoms with Crippen LogP contribution in [0, 0.1) is 0 Å². The summed E-state index contributed by atoms with van der Waals surface area (Å²) in [7, 11) is -1.78. The van der Waals surface area contributed by atoms with Crippen molar-refractivity contribution in [2.45, 2.75) is 58.7 Å². The molecule has 0 aliphatic carbocycles. The molecule has 7 heteroatoms. The summed E-state index contributed by atoms with van der Waals surface area (Å²) in [6.45, 7) is 6.38. The van der Waals surface area contributed by atoms with Gasteiger partial charge < -0.3 is 24.3 Å². The number of hydrogen-bond acceptors (Lipinski definition) is 6. The molecule has 1 heterocycles. The molecule has 0 bridgehead atoms. The van der Waals surface area contributed by atoms with Crippen molar-refractivity contribution in [2.75, 3.05) is 0 Å². The Kier molecular flexibility index (Phi) is 11.2. The van der Waals surface area contributed by atoms with Crippen molar-refractivity contribution in [3.05, 3.63) is 191 Å². The normalized spacial score (nSPS) is 15.3. The molecule has 0 saturated carbocycles. The van der Waals surface area contributed by atoms with Crippen LogP contribution in [0.2, 0.25) is 0 Å². The monoisotopic (exact) mass is 739 g/mol. The van der Waals surface area contributed by atoms with E-state index in [1.807, 2.05) is 91.0 Å². The van der Waals surface area contributed by atoms with E-state index in [0.717, 1.165) is 68.4 Å². The molecule has 6 nitrogen and oxygen atoms in total. The van der Waals surface area contributed by atoms with Crippen LogP contribution in [0.3, 0.4) is 0 Å². The Morgan fingerprint density at radius 3 is 1.61 bits per heavy atom. The third-order valence-electron chi connectivity index (χ3n) is 10.9. The molecule has 0 amide bonds. The first-order valence-corrected chi connectivity index (χ1v) is 19.4. The number of benzene rings is 7. The summed E-state index contributed by atoms with van der Waals surface area (Å²) in [6, 6.07) is 53.1. The minimum absolute atomic E-state index is 0.00991. The van der Waals surface area contributed by atoms with E-state index in [9.17, 15) is 10.0 Å². The smallest absolute Gasteiger partial charge is 0.489 e. The molecule has 0 radical (unpaired) electrons. The number of rotatable bonds is 13. The van der Waals surface area contributed by atoms with E-state index in [2.05, 4.69) is 85.5 Å². The van der Waals surface area contributed by atoms with Gasteiger partial charge in [0.25, 0.3) is 0 Å². The van der Waals surface area contributed by atoms with Gasteiger partial charge in [0.05, 0.1) is 0 Å². The number of nitrogens with zero attached hydrogens (tertiary/aromatic N) is 1. The van der Waals surface area contributed by atoms with Crippen LogP contribution in [0.15, 0.2) is 158 Å². The van der Waals surface area contributed by atoms with Gasteiger partial charge in [-0.3, -0.25) is 4.90 Å². The highest BCUT2D eigenvalue weighted by Crippen LogP contribution is 2.50. The van der Waals surface area contributed by atoms with E-state index in [1.165, 1.54) is 5.56 Å². The Labute approximate surface area is 329 Å². The summed E-state index contributed by atoms with van der Waals surface area (Å²) in [4.78, 5) is 2.54. The van der Waals surface area contributed by atoms with E-state index < -0.39 is 7.12 Å². The standard InChI is InChI=1S/C49H46BNO5/c1-34-27-43-47(35(2)51(34)30-36-17-7-3-8-18-36)45(54-31-37-19-9-4-10-20-37)29-46(55-32-38-21-11-5-12-22-38)48(43)42-28-44(50(52)53)49(41-26-16-15-25-40(41)42)56-33-39-23-13-6-14-24-39/h3-26,28-29,34-35,52-53H,27,30-33H2,1-2H3/t34-,35-/m1/s1. The molecule has 0 fully saturated rings. The van der Waals surface area contributed by atoms with Crippen LogP contribution in [0.5, 0.6) is 17.2 Å². The first-order chi connectivity index (χ1) is 27.4. The minimum Gasteiger partial charge on any atom is -0.489 e. The lowest BCUT2D eigenvalue weighted by Gasteiger charge is -2.42. The molecule has 0 spiro atoms. The lowest BCUT2D eigenvalue weighted by Crippen LogP contribution is -2.41. The SMILES string of the molecule is C[C@@H]1Cc2c(-c3cc(B(O)O)c(OCc4ccccc4)c4ccccc34)c(OCc3ccccc3)cc(OCc3ccccc3)c2[C@@H](C)N1Cc1ccccc1. The van der Waals surface area contributed by atoms with Gasteiger partial charge in [-0.15, -0.1) is 0 Å². The van der Waals surface area contributed by atoms with Crippen molar-refractivity contribution in [1.82, 2.24) is 4.90 Å². The van der Waals surface area contributed by atoms with Crippen LogP contribution < -0.4 is 19.7 Å². The molecule has 280 valence electrons. The quantitative estimate of drug-likeness (QED) is 0.115. The van der Waals surface area contributed by atoms with Gasteiger partial charge in [-0.2, -0.15) is 0 Å². The number of fused-ring (bicyclic) bond motifs is 2. The average Bonchev–Trinajstić information content (AvgIpc) is 3.24. The molecular formula is C49H46BNO5. The Hall–Kier alpha value is -5.86. The van der Waals surface area contributed by atoms with Gasteiger partial charge in [0, 0.05) is 46.7 Å². The van der Waals surface area contributed by atoms with Crippen LogP contribution in [0.4, 0.5) is 0 Å². The summed E-state index contributed by atoms with van der Waals surface area (Å²) in [6.07, 6.45) is 0.726. The van der Waals surface area contributed by atoms with Crippen molar-refractivity contribution in [3.8, 4) is 28.4 Å². The van der Waals surface area contributed by atoms with Crippen molar-refractivity contribution in [3.63, 3.8) is 0 Å². The highest BCUT2D eigenvalue weighted by molar-refractivity contribution is 6.60. The van der Waals surface area contributed by atoms with Gasteiger partial charge in [0.1, 0.15) is 37.1 Å². The molecule has 56 heavy (non-hydrogen) atoms. The number of ether oxygens (including phenoxy) is 3.